The molecule has 0 saturated carbocycles. The highest BCUT2D eigenvalue weighted by atomic mass is 79.9. The lowest BCUT2D eigenvalue weighted by Crippen LogP contribution is -2.41. The molecule has 64 heavy (non-hydrogen) atoms. The molecule has 1 saturated heterocycles. The summed E-state index contributed by atoms with van der Waals surface area (Å²) in [5, 5.41) is 1.56. The van der Waals surface area contributed by atoms with Crippen LogP contribution in [0, 0.1) is 0 Å². The maximum atomic E-state index is 13.3. The summed E-state index contributed by atoms with van der Waals surface area (Å²) in [6, 6.07) is 18.2. The predicted octanol–water partition coefficient (Wildman–Crippen LogP) is 13.7. The van der Waals surface area contributed by atoms with E-state index in [9.17, 15) is 35.9 Å². The minimum atomic E-state index is -4.40. The largest absolute Gasteiger partial charge is 0.490 e. The van der Waals surface area contributed by atoms with Gasteiger partial charge >= 0.3 is 31.7 Å². The van der Waals surface area contributed by atoms with Gasteiger partial charge in [0, 0.05) is 30.7 Å². The molecule has 0 spiro atoms. The molecule has 3 heterocycles. The van der Waals surface area contributed by atoms with Gasteiger partial charge in [0.05, 0.1) is 22.3 Å². The van der Waals surface area contributed by atoms with Crippen molar-refractivity contribution in [1.82, 2.24) is 9.80 Å². The second-order valence-electron chi connectivity index (χ2n) is 18.8. The third-order valence-corrected chi connectivity index (χ3v) is 11.8. The summed E-state index contributed by atoms with van der Waals surface area (Å²) in [7, 11) is -0.314. The fourth-order valence-corrected chi connectivity index (χ4v) is 7.61. The van der Waals surface area contributed by atoms with Gasteiger partial charge < -0.3 is 28.6 Å². The lowest BCUT2D eigenvalue weighted by atomic mass is 9.75. The molecule has 16 heteroatoms. The predicted molar refractivity (Wildman–Crippen MR) is 243 cm³/mol. The van der Waals surface area contributed by atoms with Gasteiger partial charge in [-0.25, -0.2) is 9.59 Å². The fourth-order valence-electron chi connectivity index (χ4n) is 7.13. The van der Waals surface area contributed by atoms with Gasteiger partial charge in [0.25, 0.3) is 0 Å². The SMILES string of the molecule is CC(C)(C)OC(=O)N1CC=C(B2OC(C)(C)C(C)(C)O2)CC1.CC(C)(C)OC(=O)N1CC=C(c2ccc(C(F)(F)F)c3ccccc23)CC1.FC(F)(F)c1ccc(Br)c2ccccc12. The highest BCUT2D eigenvalue weighted by Gasteiger charge is 2.52. The van der Waals surface area contributed by atoms with Crippen molar-refractivity contribution >= 4 is 62.4 Å². The second kappa shape index (κ2) is 19.1. The molecule has 8 nitrogen and oxygen atoms in total. The molecule has 0 N–H and O–H groups in total. The van der Waals surface area contributed by atoms with Crippen LogP contribution in [0.25, 0.3) is 27.1 Å². The van der Waals surface area contributed by atoms with Gasteiger partial charge in [0.1, 0.15) is 11.2 Å². The Morgan fingerprint density at radius 3 is 1.45 bits per heavy atom. The number of rotatable bonds is 2. The van der Waals surface area contributed by atoms with Gasteiger partial charge in [-0.3, -0.25) is 0 Å². The number of carbonyl (C=O) groups excluding carboxylic acids is 2. The van der Waals surface area contributed by atoms with E-state index in [1.54, 1.807) is 46.2 Å². The average Bonchev–Trinajstić information content (AvgIpc) is 3.41. The van der Waals surface area contributed by atoms with Gasteiger partial charge in [-0.2, -0.15) is 26.3 Å². The van der Waals surface area contributed by atoms with E-state index in [2.05, 4.69) is 15.9 Å². The number of nitrogens with zero attached hydrogens (tertiary/aromatic N) is 2. The third-order valence-electron chi connectivity index (χ3n) is 11.1. The van der Waals surface area contributed by atoms with Crippen molar-refractivity contribution in [3.05, 3.63) is 112 Å². The Bertz CT molecular complexity index is 2380. The number of halogens is 7. The molecule has 1 fully saturated rings. The number of fused-ring (bicyclic) bond motifs is 2. The molecule has 0 aromatic heterocycles. The lowest BCUT2D eigenvalue weighted by molar-refractivity contribution is -0.137. The van der Waals surface area contributed by atoms with Crippen LogP contribution in [-0.2, 0) is 31.1 Å². The Labute approximate surface area is 380 Å². The number of hydrogen-bond donors (Lipinski definition) is 0. The number of alkyl halides is 6. The fraction of sp³-hybridized carbons (Fsp3) is 0.458. The molecule has 0 radical (unpaired) electrons. The van der Waals surface area contributed by atoms with Crippen LogP contribution in [0.1, 0.15) is 98.8 Å². The summed E-state index contributed by atoms with van der Waals surface area (Å²) in [4.78, 5) is 27.5. The Balaban J connectivity index is 0.000000188. The molecule has 3 aliphatic rings. The van der Waals surface area contributed by atoms with Crippen LogP contribution in [0.4, 0.5) is 35.9 Å². The molecule has 3 aliphatic heterocycles. The third kappa shape index (κ3) is 12.6. The zero-order valence-corrected chi connectivity index (χ0v) is 39.5. The van der Waals surface area contributed by atoms with Crippen molar-refractivity contribution in [2.45, 2.75) is 117 Å². The van der Waals surface area contributed by atoms with E-state index in [0.717, 1.165) is 35.2 Å². The highest BCUT2D eigenvalue weighted by molar-refractivity contribution is 9.10. The van der Waals surface area contributed by atoms with Gasteiger partial charge in [-0.1, -0.05) is 82.7 Å². The first-order chi connectivity index (χ1) is 29.5. The van der Waals surface area contributed by atoms with E-state index in [0.29, 0.717) is 47.8 Å². The normalized spacial score (nSPS) is 17.7. The van der Waals surface area contributed by atoms with Crippen molar-refractivity contribution in [3.63, 3.8) is 0 Å². The monoisotopic (exact) mass is 960 g/mol. The van der Waals surface area contributed by atoms with Crippen LogP contribution in [-0.4, -0.2) is 77.7 Å². The number of hydrogen-bond acceptors (Lipinski definition) is 6. The van der Waals surface area contributed by atoms with Crippen molar-refractivity contribution in [2.75, 3.05) is 26.2 Å². The average molecular weight is 962 g/mol. The zero-order valence-electron chi connectivity index (χ0n) is 37.9. The number of amides is 2. The first kappa shape index (κ1) is 50.5. The first-order valence-corrected chi connectivity index (χ1v) is 21.8. The Hall–Kier alpha value is -4.54. The summed E-state index contributed by atoms with van der Waals surface area (Å²) in [6.07, 6.45) is -4.12. The molecule has 4 aromatic rings. The number of carbonyl (C=O) groups is 2. The smallest absolute Gasteiger partial charge is 0.444 e. The molecule has 0 aliphatic carbocycles. The highest BCUT2D eigenvalue weighted by Crippen LogP contribution is 2.41. The summed E-state index contributed by atoms with van der Waals surface area (Å²) >= 11 is 3.23. The Morgan fingerprint density at radius 2 is 1.03 bits per heavy atom. The van der Waals surface area contributed by atoms with E-state index in [1.807, 2.05) is 81.4 Å². The maximum Gasteiger partial charge on any atom is 0.490 e. The molecule has 0 bridgehead atoms. The van der Waals surface area contributed by atoms with Gasteiger partial charge in [0.15, 0.2) is 0 Å². The van der Waals surface area contributed by atoms with Crippen LogP contribution >= 0.6 is 15.9 Å². The van der Waals surface area contributed by atoms with Crippen molar-refractivity contribution < 1.29 is 54.7 Å². The molecule has 7 rings (SSSR count). The molecular weight excluding hydrogens is 905 g/mol. The van der Waals surface area contributed by atoms with E-state index in [-0.39, 0.29) is 41.3 Å². The van der Waals surface area contributed by atoms with Crippen LogP contribution < -0.4 is 0 Å². The number of benzene rings is 4. The Kier molecular flexibility index (Phi) is 15.1. The number of ether oxygens (including phenoxy) is 2. The summed E-state index contributed by atoms with van der Waals surface area (Å²) in [6.45, 7) is 21.2. The lowest BCUT2D eigenvalue weighted by Gasteiger charge is -2.32. The van der Waals surface area contributed by atoms with E-state index < -0.39 is 34.7 Å². The van der Waals surface area contributed by atoms with Gasteiger partial charge in [0.2, 0.25) is 0 Å². The summed E-state index contributed by atoms with van der Waals surface area (Å²) < 4.78 is 101. The maximum absolute atomic E-state index is 13.3. The quantitative estimate of drug-likeness (QED) is 0.147. The standard InChI is InChI=1S/C21H22F3NO2.C16H28BNO4.C11H6BrF3/c1-20(2,3)27-19(26)25-12-10-14(11-13-25)15-8-9-18(21(22,23)24)17-7-5-4-6-16(15)17;1-14(2,3)20-13(19)18-10-8-12(9-11-18)17-21-15(4,5)16(6,7)22-17;12-10-6-5-9(11(13,14)15)7-3-1-2-4-8(7)10/h4-10H,11-13H2,1-3H3;8H,9-11H2,1-7H3;1-6H. The molecule has 346 valence electrons. The second-order valence-corrected chi connectivity index (χ2v) is 19.6. The topological polar surface area (TPSA) is 77.5 Å². The molecular formula is C48H56BBrF6N2O6. The van der Waals surface area contributed by atoms with E-state index >= 15 is 0 Å². The van der Waals surface area contributed by atoms with Gasteiger partial charge in [-0.15, -0.1) is 0 Å². The molecule has 2 amide bonds. The summed E-state index contributed by atoms with van der Waals surface area (Å²) in [5.41, 5.74) is -0.0883. The van der Waals surface area contributed by atoms with Crippen LogP contribution in [0.2, 0.25) is 0 Å². The van der Waals surface area contributed by atoms with E-state index in [1.165, 1.54) is 24.3 Å². The van der Waals surface area contributed by atoms with Crippen LogP contribution in [0.15, 0.2) is 94.9 Å². The Morgan fingerprint density at radius 1 is 0.609 bits per heavy atom. The minimum Gasteiger partial charge on any atom is -0.444 e. The summed E-state index contributed by atoms with van der Waals surface area (Å²) in [5.74, 6) is 0. The molecule has 0 unspecified atom stereocenters. The van der Waals surface area contributed by atoms with Crippen LogP contribution in [0.5, 0.6) is 0 Å². The van der Waals surface area contributed by atoms with Crippen LogP contribution in [0.3, 0.4) is 0 Å². The van der Waals surface area contributed by atoms with Crippen molar-refractivity contribution in [1.29, 1.82) is 0 Å². The molecule has 4 aromatic carbocycles. The van der Waals surface area contributed by atoms with E-state index in [4.69, 9.17) is 18.8 Å². The van der Waals surface area contributed by atoms with Gasteiger partial charge in [-0.05, 0) is 138 Å². The minimum absolute atomic E-state index is 0.193. The van der Waals surface area contributed by atoms with Crippen molar-refractivity contribution in [2.24, 2.45) is 0 Å². The molecule has 0 atom stereocenters. The zero-order chi connectivity index (χ0) is 47.6. The first-order valence-electron chi connectivity index (χ1n) is 21.0. The van der Waals surface area contributed by atoms with Crippen molar-refractivity contribution in [3.8, 4) is 0 Å².